The number of carbonyl (C=O) groups is 2. The highest BCUT2D eigenvalue weighted by atomic mass is 16.2. The lowest BCUT2D eigenvalue weighted by atomic mass is 9.89. The van der Waals surface area contributed by atoms with Crippen molar-refractivity contribution in [2.75, 3.05) is 34.2 Å². The van der Waals surface area contributed by atoms with Crippen LogP contribution in [0.15, 0.2) is 18.2 Å². The maximum absolute atomic E-state index is 12.2. The van der Waals surface area contributed by atoms with Crippen LogP contribution in [0.1, 0.15) is 42.5 Å². The molecule has 1 unspecified atom stereocenters. The second-order valence-electron chi connectivity index (χ2n) is 6.98. The molecule has 1 N–H and O–H groups in total. The van der Waals surface area contributed by atoms with Gasteiger partial charge in [-0.2, -0.15) is 0 Å². The number of nitrogens with one attached hydrogen (secondary N) is 1. The van der Waals surface area contributed by atoms with Gasteiger partial charge in [-0.05, 0) is 56.3 Å². The van der Waals surface area contributed by atoms with E-state index >= 15 is 0 Å². The molecule has 1 aliphatic carbocycles. The van der Waals surface area contributed by atoms with Gasteiger partial charge in [-0.25, -0.2) is 0 Å². The number of rotatable bonds is 6. The van der Waals surface area contributed by atoms with Crippen LogP contribution in [0, 0.1) is 0 Å². The van der Waals surface area contributed by atoms with E-state index < -0.39 is 0 Å². The van der Waals surface area contributed by atoms with Crippen LogP contribution < -0.4 is 5.32 Å². The van der Waals surface area contributed by atoms with E-state index in [0.717, 1.165) is 12.0 Å². The molecule has 2 amide bonds. The van der Waals surface area contributed by atoms with Gasteiger partial charge in [0, 0.05) is 14.1 Å². The zero-order chi connectivity index (χ0) is 17.7. The number of hydrogen-bond donors (Lipinski definition) is 1. The van der Waals surface area contributed by atoms with E-state index in [-0.39, 0.29) is 30.9 Å². The van der Waals surface area contributed by atoms with Gasteiger partial charge in [0.2, 0.25) is 11.8 Å². The summed E-state index contributed by atoms with van der Waals surface area (Å²) in [5.74, 6) is -0.0673. The molecule has 0 radical (unpaired) electrons. The molecule has 2 rings (SSSR count). The lowest BCUT2D eigenvalue weighted by Crippen LogP contribution is -2.41. The van der Waals surface area contributed by atoms with Gasteiger partial charge in [0.15, 0.2) is 0 Å². The van der Waals surface area contributed by atoms with Crippen molar-refractivity contribution in [3.63, 3.8) is 0 Å². The summed E-state index contributed by atoms with van der Waals surface area (Å²) in [5.41, 5.74) is 4.02. The molecule has 1 aromatic carbocycles. The number of carbonyl (C=O) groups excluding carboxylic acids is 2. The van der Waals surface area contributed by atoms with Crippen LogP contribution in [0.4, 0.5) is 0 Å². The Bertz CT molecular complexity index is 598. The zero-order valence-corrected chi connectivity index (χ0v) is 15.3. The summed E-state index contributed by atoms with van der Waals surface area (Å²) in [6.45, 7) is 2.47. The van der Waals surface area contributed by atoms with Crippen LogP contribution in [0.25, 0.3) is 0 Å². The van der Waals surface area contributed by atoms with E-state index in [1.807, 2.05) is 6.92 Å². The van der Waals surface area contributed by atoms with Crippen LogP contribution in [0.2, 0.25) is 0 Å². The minimum absolute atomic E-state index is 0.00645. The first-order chi connectivity index (χ1) is 11.4. The lowest BCUT2D eigenvalue weighted by molar-refractivity contribution is -0.130. The van der Waals surface area contributed by atoms with Crippen molar-refractivity contribution >= 4 is 11.8 Å². The predicted octanol–water partition coefficient (Wildman–Crippen LogP) is 1.76. The largest absolute Gasteiger partial charge is 0.348 e. The van der Waals surface area contributed by atoms with Gasteiger partial charge >= 0.3 is 0 Å². The van der Waals surface area contributed by atoms with Crippen molar-refractivity contribution in [2.45, 2.75) is 38.6 Å². The number of benzene rings is 1. The molecule has 0 aliphatic heterocycles. The highest BCUT2D eigenvalue weighted by molar-refractivity contribution is 5.81. The molecule has 5 heteroatoms. The van der Waals surface area contributed by atoms with Crippen molar-refractivity contribution in [2.24, 2.45) is 0 Å². The molecule has 1 aliphatic rings. The molecule has 0 heterocycles. The Labute approximate surface area is 145 Å². The first kappa shape index (κ1) is 18.5. The minimum Gasteiger partial charge on any atom is -0.348 e. The number of likely N-dealkylation sites (N-methyl/N-ethyl adjacent to an activating group) is 2. The van der Waals surface area contributed by atoms with E-state index in [4.69, 9.17) is 0 Å². The Balaban J connectivity index is 1.88. The summed E-state index contributed by atoms with van der Waals surface area (Å²) in [5, 5.41) is 3.03. The van der Waals surface area contributed by atoms with Gasteiger partial charge in [-0.15, -0.1) is 0 Å². The van der Waals surface area contributed by atoms with Gasteiger partial charge in [0.05, 0.1) is 19.1 Å². The van der Waals surface area contributed by atoms with Crippen molar-refractivity contribution in [3.05, 3.63) is 34.9 Å². The number of nitrogens with zero attached hydrogens (tertiary/aromatic N) is 2. The molecule has 132 valence electrons. The molecule has 5 nitrogen and oxygen atoms in total. The third-order valence-corrected chi connectivity index (χ3v) is 4.57. The highest BCUT2D eigenvalue weighted by Gasteiger charge is 2.16. The molecule has 0 fully saturated rings. The van der Waals surface area contributed by atoms with Crippen LogP contribution in [0.3, 0.4) is 0 Å². The average Bonchev–Trinajstić information content (AvgIpc) is 2.53. The summed E-state index contributed by atoms with van der Waals surface area (Å²) in [4.78, 5) is 27.1. The molecule has 24 heavy (non-hydrogen) atoms. The molecular formula is C19H29N3O2. The van der Waals surface area contributed by atoms with E-state index in [9.17, 15) is 9.59 Å². The Kier molecular flexibility index (Phi) is 6.37. The smallest absolute Gasteiger partial charge is 0.236 e. The molecule has 0 aromatic heterocycles. The van der Waals surface area contributed by atoms with E-state index in [0.29, 0.717) is 0 Å². The summed E-state index contributed by atoms with van der Waals surface area (Å²) >= 11 is 0. The quantitative estimate of drug-likeness (QED) is 0.864. The van der Waals surface area contributed by atoms with Gasteiger partial charge < -0.3 is 10.2 Å². The van der Waals surface area contributed by atoms with Crippen LogP contribution in [-0.4, -0.2) is 55.8 Å². The zero-order valence-electron chi connectivity index (χ0n) is 15.3. The molecule has 0 saturated carbocycles. The topological polar surface area (TPSA) is 52.7 Å². The number of fused-ring (bicyclic) bond motifs is 1. The fourth-order valence-corrected chi connectivity index (χ4v) is 3.07. The van der Waals surface area contributed by atoms with Crippen LogP contribution in [-0.2, 0) is 22.4 Å². The SMILES string of the molecule is CC(NC(=O)CN(C)CC(=O)N(C)C)c1ccc2c(c1)CCCC2. The first-order valence-electron chi connectivity index (χ1n) is 8.66. The Hall–Kier alpha value is -1.88. The average molecular weight is 331 g/mol. The number of aryl methyl sites for hydroxylation is 2. The van der Waals surface area contributed by atoms with Crippen molar-refractivity contribution < 1.29 is 9.59 Å². The fourth-order valence-electron chi connectivity index (χ4n) is 3.07. The van der Waals surface area contributed by atoms with E-state index in [1.54, 1.807) is 26.0 Å². The molecular weight excluding hydrogens is 302 g/mol. The fraction of sp³-hybridized carbons (Fsp3) is 0.579. The van der Waals surface area contributed by atoms with Gasteiger partial charge in [0.1, 0.15) is 0 Å². The van der Waals surface area contributed by atoms with Gasteiger partial charge in [-0.3, -0.25) is 14.5 Å². The minimum atomic E-state index is -0.0609. The molecule has 0 bridgehead atoms. The third-order valence-electron chi connectivity index (χ3n) is 4.57. The predicted molar refractivity (Wildman–Crippen MR) is 95.8 cm³/mol. The standard InChI is InChI=1S/C19H29N3O2/c1-14(16-10-9-15-7-5-6-8-17(15)11-16)20-18(23)12-22(4)13-19(24)21(2)3/h9-11,14H,5-8,12-13H2,1-4H3,(H,20,23). The van der Waals surface area contributed by atoms with E-state index in [2.05, 4.69) is 23.5 Å². The molecule has 0 saturated heterocycles. The first-order valence-corrected chi connectivity index (χ1v) is 8.66. The van der Waals surface area contributed by atoms with Gasteiger partial charge in [-0.1, -0.05) is 18.2 Å². The van der Waals surface area contributed by atoms with Crippen molar-refractivity contribution in [1.82, 2.24) is 15.1 Å². The summed E-state index contributed by atoms with van der Waals surface area (Å²) < 4.78 is 0. The molecule has 1 atom stereocenters. The third kappa shape index (κ3) is 5.06. The summed E-state index contributed by atoms with van der Waals surface area (Å²) in [6, 6.07) is 6.53. The second kappa shape index (κ2) is 8.29. The van der Waals surface area contributed by atoms with Crippen molar-refractivity contribution in [1.29, 1.82) is 0 Å². The Morgan fingerprint density at radius 2 is 1.75 bits per heavy atom. The monoisotopic (exact) mass is 331 g/mol. The van der Waals surface area contributed by atoms with Crippen LogP contribution >= 0.6 is 0 Å². The maximum Gasteiger partial charge on any atom is 0.236 e. The highest BCUT2D eigenvalue weighted by Crippen LogP contribution is 2.24. The van der Waals surface area contributed by atoms with Crippen molar-refractivity contribution in [3.8, 4) is 0 Å². The number of amides is 2. The van der Waals surface area contributed by atoms with Crippen LogP contribution in [0.5, 0.6) is 0 Å². The van der Waals surface area contributed by atoms with Gasteiger partial charge in [0.25, 0.3) is 0 Å². The summed E-state index contributed by atoms with van der Waals surface area (Å²) in [6.07, 6.45) is 4.83. The number of hydrogen-bond acceptors (Lipinski definition) is 3. The Morgan fingerprint density at radius 3 is 2.42 bits per heavy atom. The Morgan fingerprint density at radius 1 is 1.08 bits per heavy atom. The van der Waals surface area contributed by atoms with E-state index in [1.165, 1.54) is 35.3 Å². The maximum atomic E-state index is 12.2. The lowest BCUT2D eigenvalue weighted by Gasteiger charge is -2.22. The normalized spacial score (nSPS) is 14.9. The second-order valence-corrected chi connectivity index (χ2v) is 6.98. The molecule has 1 aromatic rings. The summed E-state index contributed by atoms with van der Waals surface area (Å²) in [7, 11) is 5.22. The molecule has 0 spiro atoms.